The van der Waals surface area contributed by atoms with Crippen molar-refractivity contribution in [1.82, 2.24) is 23.3 Å². The molecule has 0 fully saturated rings. The van der Waals surface area contributed by atoms with Gasteiger partial charge < -0.3 is 10.2 Å². The van der Waals surface area contributed by atoms with Crippen LogP contribution in [0.4, 0.5) is 0 Å². The van der Waals surface area contributed by atoms with Crippen LogP contribution in [0.5, 0.6) is 11.8 Å². The van der Waals surface area contributed by atoms with Crippen LogP contribution < -0.4 is 22.4 Å². The minimum Gasteiger partial charge on any atom is -0.494 e. The molecule has 0 aliphatic carbocycles. The van der Waals surface area contributed by atoms with Crippen LogP contribution in [0.1, 0.15) is 22.6 Å². The number of aromatic hydroxyl groups is 2. The number of nitrogens with zero attached hydrogens (tertiary/aromatic N) is 5. The highest BCUT2D eigenvalue weighted by atomic mass is 16.3. The van der Waals surface area contributed by atoms with Gasteiger partial charge in [-0.2, -0.15) is 0 Å². The summed E-state index contributed by atoms with van der Waals surface area (Å²) < 4.78 is 4.73. The molecule has 0 saturated carbocycles. The topological polar surface area (TPSA) is 155 Å². The Kier molecular flexibility index (Phi) is 7.91. The quantitative estimate of drug-likeness (QED) is 0.200. The van der Waals surface area contributed by atoms with E-state index in [1.165, 1.54) is 21.5 Å². The zero-order chi connectivity index (χ0) is 34.1. The molecular weight excluding hydrogens is 618 g/mol. The first-order chi connectivity index (χ1) is 23.9. The Bertz CT molecular complexity index is 2370. The van der Waals surface area contributed by atoms with Crippen molar-refractivity contribution in [1.29, 1.82) is 10.8 Å². The monoisotopic (exact) mass is 647 g/mol. The third kappa shape index (κ3) is 5.25. The number of rotatable bonds is 7. The highest BCUT2D eigenvalue weighted by Crippen LogP contribution is 2.37. The van der Waals surface area contributed by atoms with Gasteiger partial charge in [0.25, 0.3) is 11.1 Å². The van der Waals surface area contributed by atoms with E-state index >= 15 is 0 Å². The molecule has 4 N–H and O–H groups in total. The number of hydrogen-bond donors (Lipinski definition) is 4. The average Bonchev–Trinajstić information content (AvgIpc) is 3.13. The normalized spacial score (nSPS) is 11.7. The van der Waals surface area contributed by atoms with Gasteiger partial charge in [-0.1, -0.05) is 72.8 Å². The van der Waals surface area contributed by atoms with E-state index in [1.54, 1.807) is 133 Å². The lowest BCUT2D eigenvalue weighted by Crippen LogP contribution is -2.44. The van der Waals surface area contributed by atoms with Gasteiger partial charge in [-0.05, 0) is 66.2 Å². The van der Waals surface area contributed by atoms with Crippen LogP contribution in [0.15, 0.2) is 155 Å². The number of pyridine rings is 1. The smallest absolute Gasteiger partial charge is 0.267 e. The molecule has 240 valence electrons. The highest BCUT2D eigenvalue weighted by molar-refractivity contribution is 5.53. The van der Waals surface area contributed by atoms with Crippen molar-refractivity contribution in [3.63, 3.8) is 0 Å². The molecule has 49 heavy (non-hydrogen) atoms. The lowest BCUT2D eigenvalue weighted by atomic mass is 9.87. The van der Waals surface area contributed by atoms with E-state index in [0.29, 0.717) is 28.3 Å². The minimum absolute atomic E-state index is 0.278. The third-order valence-electron chi connectivity index (χ3n) is 8.29. The van der Waals surface area contributed by atoms with Crippen LogP contribution in [-0.4, -0.2) is 33.5 Å². The lowest BCUT2D eigenvalue weighted by Gasteiger charge is -2.25. The van der Waals surface area contributed by atoms with Crippen molar-refractivity contribution in [2.45, 2.75) is 5.92 Å². The zero-order valence-corrected chi connectivity index (χ0v) is 25.9. The fourth-order valence-corrected chi connectivity index (χ4v) is 6.08. The van der Waals surface area contributed by atoms with Crippen LogP contribution in [0.3, 0.4) is 0 Å². The first-order valence-electron chi connectivity index (χ1n) is 15.3. The van der Waals surface area contributed by atoms with Crippen molar-refractivity contribution in [3.8, 4) is 34.5 Å². The Morgan fingerprint density at radius 3 is 1.10 bits per heavy atom. The summed E-state index contributed by atoms with van der Waals surface area (Å²) in [6.07, 6.45) is 2.96. The Labute approximate surface area is 278 Å². The molecule has 3 heterocycles. The SMILES string of the molecule is N=c1n(-c2ccccc2)c(O)c(C(c2ccncc2)c2c(O)n(-c3ccccc3)c(=N)n(-c3ccccc3)c2=O)c(=O)n1-c1ccccc1. The van der Waals surface area contributed by atoms with Crippen LogP contribution >= 0.6 is 0 Å². The maximum atomic E-state index is 14.8. The van der Waals surface area contributed by atoms with E-state index < -0.39 is 28.8 Å². The second-order valence-corrected chi connectivity index (χ2v) is 11.1. The molecule has 7 aromatic rings. The molecule has 4 aromatic carbocycles. The Morgan fingerprint density at radius 2 is 0.776 bits per heavy atom. The van der Waals surface area contributed by atoms with Crippen LogP contribution in [-0.2, 0) is 0 Å². The molecule has 11 nitrogen and oxygen atoms in total. The molecule has 7 rings (SSSR count). The molecule has 0 atom stereocenters. The first kappa shape index (κ1) is 30.6. The maximum Gasteiger partial charge on any atom is 0.267 e. The summed E-state index contributed by atoms with van der Waals surface area (Å²) in [5.41, 5.74) is -0.988. The number of aromatic nitrogens is 5. The minimum atomic E-state index is -1.40. The van der Waals surface area contributed by atoms with Gasteiger partial charge in [-0.25, -0.2) is 9.13 Å². The molecule has 0 bridgehead atoms. The predicted octanol–water partition coefficient (Wildman–Crippen LogP) is 4.52. The molecule has 0 aliphatic heterocycles. The van der Waals surface area contributed by atoms with Crippen LogP contribution in [0, 0.1) is 10.8 Å². The van der Waals surface area contributed by atoms with Gasteiger partial charge in [0.1, 0.15) is 0 Å². The van der Waals surface area contributed by atoms with Gasteiger partial charge in [-0.3, -0.25) is 34.5 Å². The van der Waals surface area contributed by atoms with Gasteiger partial charge in [0.05, 0.1) is 39.8 Å². The number of para-hydroxylation sites is 4. The summed E-state index contributed by atoms with van der Waals surface area (Å²) in [6.45, 7) is 0. The molecule has 0 radical (unpaired) electrons. The van der Waals surface area contributed by atoms with Crippen LogP contribution in [0.2, 0.25) is 0 Å². The Morgan fingerprint density at radius 1 is 0.469 bits per heavy atom. The van der Waals surface area contributed by atoms with E-state index in [-0.39, 0.29) is 22.4 Å². The Hall–Kier alpha value is -7.01. The first-order valence-corrected chi connectivity index (χ1v) is 15.3. The largest absolute Gasteiger partial charge is 0.494 e. The average molecular weight is 648 g/mol. The number of nitrogens with one attached hydrogen (secondary N) is 2. The van der Waals surface area contributed by atoms with E-state index in [4.69, 9.17) is 10.8 Å². The van der Waals surface area contributed by atoms with Crippen molar-refractivity contribution in [3.05, 3.63) is 194 Å². The predicted molar refractivity (Wildman–Crippen MR) is 183 cm³/mol. The number of hydrogen-bond acceptors (Lipinski definition) is 7. The maximum absolute atomic E-state index is 14.8. The fourth-order valence-electron chi connectivity index (χ4n) is 6.08. The summed E-state index contributed by atoms with van der Waals surface area (Å²) >= 11 is 0. The molecule has 0 aliphatic rings. The van der Waals surface area contributed by atoms with Crippen molar-refractivity contribution >= 4 is 0 Å². The molecule has 0 unspecified atom stereocenters. The fraction of sp³-hybridized carbons (Fsp3) is 0.0263. The van der Waals surface area contributed by atoms with Gasteiger partial charge in [0.2, 0.25) is 23.0 Å². The summed E-state index contributed by atoms with van der Waals surface area (Å²) in [4.78, 5) is 33.7. The second-order valence-electron chi connectivity index (χ2n) is 11.1. The Balaban J connectivity index is 1.69. The van der Waals surface area contributed by atoms with Crippen molar-refractivity contribution < 1.29 is 10.2 Å². The van der Waals surface area contributed by atoms with Gasteiger partial charge in [-0.15, -0.1) is 0 Å². The van der Waals surface area contributed by atoms with E-state index in [1.807, 2.05) is 0 Å². The zero-order valence-electron chi connectivity index (χ0n) is 25.9. The van der Waals surface area contributed by atoms with Crippen molar-refractivity contribution in [2.24, 2.45) is 0 Å². The molecule has 3 aromatic heterocycles. The summed E-state index contributed by atoms with van der Waals surface area (Å²) in [6, 6.07) is 37.5. The third-order valence-corrected chi connectivity index (χ3v) is 8.29. The van der Waals surface area contributed by atoms with Crippen LogP contribution in [0.25, 0.3) is 22.7 Å². The van der Waals surface area contributed by atoms with E-state index in [2.05, 4.69) is 4.98 Å². The molecule has 0 saturated heterocycles. The standard InChI is InChI=1S/C38H29N7O4/c39-37-42(26-13-5-1-6-14-26)33(46)31(34(47)43(37)27-15-7-2-8-16-27)30(25-21-23-41-24-22-25)32-35(48)44(28-17-9-3-10-18-28)38(40)45(36(32)49)29-19-11-4-12-20-29/h1-24,30,39-40,46,48H. The number of benzene rings is 4. The van der Waals surface area contributed by atoms with E-state index in [0.717, 1.165) is 9.13 Å². The summed E-state index contributed by atoms with van der Waals surface area (Å²) in [5.74, 6) is -2.60. The molecule has 11 heteroatoms. The second kappa shape index (κ2) is 12.6. The van der Waals surface area contributed by atoms with Crippen molar-refractivity contribution in [2.75, 3.05) is 0 Å². The van der Waals surface area contributed by atoms with Gasteiger partial charge >= 0.3 is 0 Å². The highest BCUT2D eigenvalue weighted by Gasteiger charge is 2.35. The summed E-state index contributed by atoms with van der Waals surface area (Å²) in [7, 11) is 0. The van der Waals surface area contributed by atoms with Gasteiger partial charge in [0.15, 0.2) is 0 Å². The lowest BCUT2D eigenvalue weighted by molar-refractivity contribution is 0.405. The summed E-state index contributed by atoms with van der Waals surface area (Å²) in [5, 5.41) is 42.6. The molecule has 0 spiro atoms. The molecular formula is C38H29N7O4. The van der Waals surface area contributed by atoms with E-state index in [9.17, 15) is 19.8 Å². The van der Waals surface area contributed by atoms with Gasteiger partial charge in [0, 0.05) is 12.4 Å². The molecule has 0 amide bonds.